The molecule has 170 valence electrons. The van der Waals surface area contributed by atoms with Gasteiger partial charge in [-0.15, -0.1) is 0 Å². The number of benzene rings is 1. The lowest BCUT2D eigenvalue weighted by Gasteiger charge is -2.33. The largest absolute Gasteiger partial charge is 0.457 e. The first-order chi connectivity index (χ1) is 15.3. The highest BCUT2D eigenvalue weighted by molar-refractivity contribution is 6.36. The number of amides is 2. The van der Waals surface area contributed by atoms with E-state index in [-0.39, 0.29) is 58.6 Å². The molecular formula is C24H25Cl2NO5. The lowest BCUT2D eigenvalue weighted by molar-refractivity contribution is -0.149. The van der Waals surface area contributed by atoms with Crippen molar-refractivity contribution < 1.29 is 23.9 Å². The minimum absolute atomic E-state index is 0.0173. The first-order valence-corrected chi connectivity index (χ1v) is 12.1. The number of Topliss-reactive ketones (excluding diaryl/α,β-unsaturated/α-hetero) is 1. The van der Waals surface area contributed by atoms with Crippen LogP contribution in [0, 0.1) is 29.6 Å². The predicted molar refractivity (Wildman–Crippen MR) is 117 cm³/mol. The van der Waals surface area contributed by atoms with E-state index in [2.05, 4.69) is 0 Å². The van der Waals surface area contributed by atoms with Gasteiger partial charge in [-0.05, 0) is 75.0 Å². The Morgan fingerprint density at radius 3 is 2.16 bits per heavy atom. The number of carbonyl (C=O) groups excluding carboxylic acids is 4. The number of carbonyl (C=O) groups is 4. The zero-order valence-corrected chi connectivity index (χ0v) is 19.1. The fourth-order valence-corrected chi connectivity index (χ4v) is 6.92. The second kappa shape index (κ2) is 8.45. The summed E-state index contributed by atoms with van der Waals surface area (Å²) in [5.41, 5.74) is 0.262. The maximum atomic E-state index is 13.0. The second-order valence-corrected chi connectivity index (χ2v) is 10.4. The van der Waals surface area contributed by atoms with Gasteiger partial charge in [0.2, 0.25) is 17.6 Å². The van der Waals surface area contributed by atoms with E-state index in [9.17, 15) is 19.2 Å². The molecule has 5 rings (SSSR count). The molecule has 0 unspecified atom stereocenters. The smallest absolute Gasteiger partial charge is 0.309 e. The number of ketones is 1. The van der Waals surface area contributed by atoms with Gasteiger partial charge in [0.1, 0.15) is 0 Å². The molecule has 0 N–H and O–H groups in total. The van der Waals surface area contributed by atoms with Crippen LogP contribution < -0.4 is 0 Å². The van der Waals surface area contributed by atoms with Crippen LogP contribution in [0.1, 0.15) is 55.3 Å². The fraction of sp³-hybridized carbons (Fsp3) is 0.583. The predicted octanol–water partition coefficient (Wildman–Crippen LogP) is 4.31. The molecule has 1 aliphatic heterocycles. The summed E-state index contributed by atoms with van der Waals surface area (Å²) in [5.74, 6) is -0.548. The summed E-state index contributed by atoms with van der Waals surface area (Å²) >= 11 is 11.9. The van der Waals surface area contributed by atoms with E-state index >= 15 is 0 Å². The van der Waals surface area contributed by atoms with Crippen molar-refractivity contribution in [2.45, 2.75) is 51.0 Å². The molecule has 6 nitrogen and oxygen atoms in total. The summed E-state index contributed by atoms with van der Waals surface area (Å²) in [7, 11) is 0. The van der Waals surface area contributed by atoms with Crippen molar-refractivity contribution in [3.63, 3.8) is 0 Å². The number of nitrogens with zero attached hydrogens (tertiary/aromatic N) is 1. The topological polar surface area (TPSA) is 80.8 Å². The molecule has 4 aliphatic rings. The lowest BCUT2D eigenvalue weighted by Crippen LogP contribution is -2.44. The second-order valence-electron chi connectivity index (χ2n) is 9.59. The average Bonchev–Trinajstić information content (AvgIpc) is 3.46. The highest BCUT2D eigenvalue weighted by Gasteiger charge is 2.61. The molecule has 4 atom stereocenters. The molecule has 8 heteroatoms. The maximum absolute atomic E-state index is 13.0. The molecule has 3 saturated carbocycles. The molecular weight excluding hydrogens is 453 g/mol. The van der Waals surface area contributed by atoms with Gasteiger partial charge in [0.25, 0.3) is 0 Å². The third-order valence-corrected chi connectivity index (χ3v) is 8.48. The van der Waals surface area contributed by atoms with Crippen LogP contribution in [0.2, 0.25) is 10.0 Å². The van der Waals surface area contributed by atoms with Gasteiger partial charge in [-0.2, -0.15) is 0 Å². The molecule has 2 bridgehead atoms. The van der Waals surface area contributed by atoms with E-state index in [1.54, 1.807) is 6.07 Å². The van der Waals surface area contributed by atoms with Crippen LogP contribution in [0.3, 0.4) is 0 Å². The fourth-order valence-electron chi connectivity index (χ4n) is 6.41. The SMILES string of the molecule is O=C(COC(=O)C1CCC(N2C(=O)[C@@H]3[C@@H]4CC[C@@H](C4)[C@@H]3C2=O)CC1)c1ccc(Cl)cc1Cl. The van der Waals surface area contributed by atoms with Gasteiger partial charge in [0, 0.05) is 16.6 Å². The van der Waals surface area contributed by atoms with E-state index in [0.29, 0.717) is 42.5 Å². The van der Waals surface area contributed by atoms with Crippen LogP contribution in [-0.4, -0.2) is 41.1 Å². The number of esters is 1. The van der Waals surface area contributed by atoms with Gasteiger partial charge in [-0.1, -0.05) is 23.2 Å². The standard InChI is InChI=1S/C24H25Cl2NO5/c25-15-5-8-17(18(26)10-15)19(28)11-32-24(31)12-3-6-16(7-4-12)27-22(29)20-13-1-2-14(9-13)21(20)23(27)30/h5,8,10,12-14,16,20-21H,1-4,6-7,9,11H2/t12?,13-,14+,16?,20-,21+. The van der Waals surface area contributed by atoms with Crippen LogP contribution in [-0.2, 0) is 19.1 Å². The van der Waals surface area contributed by atoms with Crippen molar-refractivity contribution in [2.24, 2.45) is 29.6 Å². The monoisotopic (exact) mass is 477 g/mol. The van der Waals surface area contributed by atoms with Crippen molar-refractivity contribution in [2.75, 3.05) is 6.61 Å². The highest BCUT2D eigenvalue weighted by Crippen LogP contribution is 2.56. The van der Waals surface area contributed by atoms with E-state index in [1.165, 1.54) is 17.0 Å². The number of fused-ring (bicyclic) bond motifs is 5. The Hall–Kier alpha value is -1.92. The molecule has 1 heterocycles. The van der Waals surface area contributed by atoms with Crippen molar-refractivity contribution in [1.82, 2.24) is 4.90 Å². The van der Waals surface area contributed by atoms with Crippen LogP contribution >= 0.6 is 23.2 Å². The van der Waals surface area contributed by atoms with Crippen LogP contribution in [0.4, 0.5) is 0 Å². The van der Waals surface area contributed by atoms with Gasteiger partial charge in [-0.25, -0.2) is 0 Å². The van der Waals surface area contributed by atoms with Crippen molar-refractivity contribution in [3.05, 3.63) is 33.8 Å². The average molecular weight is 478 g/mol. The van der Waals surface area contributed by atoms with Crippen molar-refractivity contribution in [3.8, 4) is 0 Å². The van der Waals surface area contributed by atoms with E-state index < -0.39 is 5.97 Å². The van der Waals surface area contributed by atoms with Crippen LogP contribution in [0.25, 0.3) is 0 Å². The minimum atomic E-state index is -0.420. The van der Waals surface area contributed by atoms with E-state index in [4.69, 9.17) is 27.9 Å². The summed E-state index contributed by atoms with van der Waals surface area (Å²) in [6.07, 6.45) is 5.44. The van der Waals surface area contributed by atoms with Crippen LogP contribution in [0.5, 0.6) is 0 Å². The number of likely N-dealkylation sites (tertiary alicyclic amines) is 1. The molecule has 0 radical (unpaired) electrons. The van der Waals surface area contributed by atoms with Gasteiger partial charge < -0.3 is 4.74 Å². The first-order valence-electron chi connectivity index (χ1n) is 11.4. The van der Waals surface area contributed by atoms with Gasteiger partial charge in [0.15, 0.2) is 6.61 Å². The molecule has 1 aromatic carbocycles. The minimum Gasteiger partial charge on any atom is -0.457 e. The highest BCUT2D eigenvalue weighted by atomic mass is 35.5. The Labute approximate surface area is 196 Å². The summed E-state index contributed by atoms with van der Waals surface area (Å²) < 4.78 is 5.26. The number of hydrogen-bond donors (Lipinski definition) is 0. The Balaban J connectivity index is 1.14. The third kappa shape index (κ3) is 3.65. The Morgan fingerprint density at radius 1 is 0.938 bits per heavy atom. The molecule has 32 heavy (non-hydrogen) atoms. The number of halogens is 2. The van der Waals surface area contributed by atoms with Crippen LogP contribution in [0.15, 0.2) is 18.2 Å². The van der Waals surface area contributed by atoms with Gasteiger partial charge in [0.05, 0.1) is 22.8 Å². The van der Waals surface area contributed by atoms with E-state index in [1.807, 2.05) is 0 Å². The number of ether oxygens (including phenoxy) is 1. The molecule has 1 saturated heterocycles. The molecule has 3 aliphatic carbocycles. The Bertz CT molecular complexity index is 959. The normalized spacial score (nSPS) is 33.5. The third-order valence-electron chi connectivity index (χ3n) is 7.93. The van der Waals surface area contributed by atoms with Crippen molar-refractivity contribution >= 4 is 46.8 Å². The zero-order chi connectivity index (χ0) is 22.6. The Morgan fingerprint density at radius 2 is 1.56 bits per heavy atom. The van der Waals surface area contributed by atoms with Crippen molar-refractivity contribution in [1.29, 1.82) is 0 Å². The molecule has 4 fully saturated rings. The zero-order valence-electron chi connectivity index (χ0n) is 17.6. The molecule has 2 amide bonds. The molecule has 0 aromatic heterocycles. The summed E-state index contributed by atoms with van der Waals surface area (Å²) in [4.78, 5) is 52.4. The quantitative estimate of drug-likeness (QED) is 0.358. The summed E-state index contributed by atoms with van der Waals surface area (Å²) in [6, 6.07) is 4.42. The van der Waals surface area contributed by atoms with Gasteiger partial charge >= 0.3 is 5.97 Å². The summed E-state index contributed by atoms with van der Waals surface area (Å²) in [6.45, 7) is -0.380. The van der Waals surface area contributed by atoms with E-state index in [0.717, 1.165) is 19.3 Å². The molecule has 1 aromatic rings. The Kier molecular flexibility index (Phi) is 5.79. The van der Waals surface area contributed by atoms with Gasteiger partial charge in [-0.3, -0.25) is 24.1 Å². The summed E-state index contributed by atoms with van der Waals surface area (Å²) in [5, 5.41) is 0.642. The maximum Gasteiger partial charge on any atom is 0.309 e. The number of hydrogen-bond acceptors (Lipinski definition) is 5. The first kappa shape index (κ1) is 21.9. The molecule has 0 spiro atoms. The number of imide groups is 1. The number of rotatable bonds is 5. The lowest BCUT2D eigenvalue weighted by atomic mass is 9.81.